The number of nitrogens with one attached hydrogen (secondary N) is 1. The van der Waals surface area contributed by atoms with E-state index in [4.69, 9.17) is 4.74 Å². The second kappa shape index (κ2) is 7.04. The zero-order chi connectivity index (χ0) is 14.5. The molecule has 0 bridgehead atoms. The number of carbonyl (C=O) groups is 1. The molecule has 1 aromatic rings. The van der Waals surface area contributed by atoms with Crippen molar-refractivity contribution >= 4 is 21.8 Å². The number of rotatable bonds is 4. The molecular weight excluding hydrogens is 327 g/mol. The molecule has 0 atom stereocenters. The quantitative estimate of drug-likeness (QED) is 0.910. The summed E-state index contributed by atoms with van der Waals surface area (Å²) in [4.78, 5) is 13.7. The number of ether oxygens (including phenoxy) is 1. The second-order valence-corrected chi connectivity index (χ2v) is 5.76. The van der Waals surface area contributed by atoms with E-state index < -0.39 is 5.82 Å². The molecule has 2 rings (SSSR count). The Balaban J connectivity index is 1.87. The SMILES string of the molecule is CN(C(=O)COc1ccc(Br)cc1F)C1CCNCC1. The van der Waals surface area contributed by atoms with Gasteiger partial charge in [-0.15, -0.1) is 0 Å². The van der Waals surface area contributed by atoms with Gasteiger partial charge in [0.05, 0.1) is 0 Å². The van der Waals surface area contributed by atoms with E-state index in [2.05, 4.69) is 21.2 Å². The summed E-state index contributed by atoms with van der Waals surface area (Å²) in [5.41, 5.74) is 0. The lowest BCUT2D eigenvalue weighted by Crippen LogP contribution is -2.45. The monoisotopic (exact) mass is 344 g/mol. The van der Waals surface area contributed by atoms with E-state index >= 15 is 0 Å². The summed E-state index contributed by atoms with van der Waals surface area (Å²) in [7, 11) is 1.78. The number of likely N-dealkylation sites (N-methyl/N-ethyl adjacent to an activating group) is 1. The van der Waals surface area contributed by atoms with Crippen LogP contribution in [-0.2, 0) is 4.79 Å². The van der Waals surface area contributed by atoms with E-state index in [1.165, 1.54) is 12.1 Å². The zero-order valence-electron chi connectivity index (χ0n) is 11.4. The van der Waals surface area contributed by atoms with Crippen LogP contribution >= 0.6 is 15.9 Å². The molecule has 1 saturated heterocycles. The van der Waals surface area contributed by atoms with Crippen molar-refractivity contribution in [3.63, 3.8) is 0 Å². The molecule has 0 saturated carbocycles. The molecule has 1 aliphatic rings. The van der Waals surface area contributed by atoms with Crippen LogP contribution in [-0.4, -0.2) is 43.6 Å². The van der Waals surface area contributed by atoms with Crippen LogP contribution in [0.4, 0.5) is 4.39 Å². The number of hydrogen-bond donors (Lipinski definition) is 1. The molecule has 0 unspecified atom stereocenters. The Labute approximate surface area is 126 Å². The molecule has 1 heterocycles. The van der Waals surface area contributed by atoms with Gasteiger partial charge in [0.2, 0.25) is 0 Å². The number of nitrogens with zero attached hydrogens (tertiary/aromatic N) is 1. The van der Waals surface area contributed by atoms with Crippen LogP contribution in [0.3, 0.4) is 0 Å². The summed E-state index contributed by atoms with van der Waals surface area (Å²) < 4.78 is 19.5. The fourth-order valence-electron chi connectivity index (χ4n) is 2.23. The Kier molecular flexibility index (Phi) is 5.37. The van der Waals surface area contributed by atoms with Gasteiger partial charge in [-0.2, -0.15) is 0 Å². The molecule has 110 valence electrons. The minimum atomic E-state index is -0.475. The molecule has 1 aromatic carbocycles. The molecule has 1 aliphatic heterocycles. The fraction of sp³-hybridized carbons (Fsp3) is 0.500. The van der Waals surface area contributed by atoms with Crippen molar-refractivity contribution in [3.05, 3.63) is 28.5 Å². The average Bonchev–Trinajstić information content (AvgIpc) is 2.46. The maximum absolute atomic E-state index is 13.6. The minimum absolute atomic E-state index is 0.0975. The van der Waals surface area contributed by atoms with Crippen LogP contribution in [0.15, 0.2) is 22.7 Å². The first-order valence-corrected chi connectivity index (χ1v) is 7.41. The van der Waals surface area contributed by atoms with Crippen molar-refractivity contribution in [2.24, 2.45) is 0 Å². The van der Waals surface area contributed by atoms with Crippen molar-refractivity contribution < 1.29 is 13.9 Å². The van der Waals surface area contributed by atoms with Gasteiger partial charge in [0.15, 0.2) is 18.2 Å². The molecule has 1 fully saturated rings. The molecule has 20 heavy (non-hydrogen) atoms. The summed E-state index contributed by atoms with van der Waals surface area (Å²) in [5, 5.41) is 3.26. The highest BCUT2D eigenvalue weighted by atomic mass is 79.9. The number of halogens is 2. The van der Waals surface area contributed by atoms with Gasteiger partial charge < -0.3 is 15.0 Å². The van der Waals surface area contributed by atoms with Crippen LogP contribution in [0, 0.1) is 5.82 Å². The van der Waals surface area contributed by atoms with Gasteiger partial charge in [0.25, 0.3) is 5.91 Å². The van der Waals surface area contributed by atoms with Gasteiger partial charge in [-0.25, -0.2) is 4.39 Å². The Morgan fingerprint density at radius 2 is 2.20 bits per heavy atom. The van der Waals surface area contributed by atoms with Gasteiger partial charge in [0.1, 0.15) is 0 Å². The number of carbonyl (C=O) groups excluding carboxylic acids is 1. The van der Waals surface area contributed by atoms with Gasteiger partial charge in [-0.1, -0.05) is 15.9 Å². The van der Waals surface area contributed by atoms with Crippen molar-refractivity contribution in [1.29, 1.82) is 0 Å². The van der Waals surface area contributed by atoms with E-state index in [9.17, 15) is 9.18 Å². The Hall–Kier alpha value is -1.14. The van der Waals surface area contributed by atoms with Crippen LogP contribution in [0.1, 0.15) is 12.8 Å². The lowest BCUT2D eigenvalue weighted by molar-refractivity contribution is -0.134. The zero-order valence-corrected chi connectivity index (χ0v) is 13.0. The molecule has 0 radical (unpaired) electrons. The lowest BCUT2D eigenvalue weighted by atomic mass is 10.1. The summed E-state index contributed by atoms with van der Waals surface area (Å²) in [6, 6.07) is 4.74. The van der Waals surface area contributed by atoms with E-state index in [1.807, 2.05) is 0 Å². The third kappa shape index (κ3) is 3.93. The number of benzene rings is 1. The number of hydrogen-bond acceptors (Lipinski definition) is 3. The van der Waals surface area contributed by atoms with E-state index in [0.29, 0.717) is 4.47 Å². The summed E-state index contributed by atoms with van der Waals surface area (Å²) in [6.45, 7) is 1.70. The molecule has 4 nitrogen and oxygen atoms in total. The third-order valence-electron chi connectivity index (χ3n) is 3.49. The van der Waals surface area contributed by atoms with E-state index in [-0.39, 0.29) is 24.3 Å². The van der Waals surface area contributed by atoms with Crippen LogP contribution in [0.5, 0.6) is 5.75 Å². The minimum Gasteiger partial charge on any atom is -0.481 e. The van der Waals surface area contributed by atoms with Crippen LogP contribution in [0.25, 0.3) is 0 Å². The normalized spacial score (nSPS) is 15.9. The number of amides is 1. The van der Waals surface area contributed by atoms with E-state index in [1.54, 1.807) is 18.0 Å². The van der Waals surface area contributed by atoms with Crippen molar-refractivity contribution in [1.82, 2.24) is 10.2 Å². The summed E-state index contributed by atoms with van der Waals surface area (Å²) in [5.74, 6) is -0.504. The lowest BCUT2D eigenvalue weighted by Gasteiger charge is -2.31. The molecule has 1 N–H and O–H groups in total. The van der Waals surface area contributed by atoms with Gasteiger partial charge in [-0.3, -0.25) is 4.79 Å². The molecule has 0 aromatic heterocycles. The van der Waals surface area contributed by atoms with Gasteiger partial charge in [0, 0.05) is 17.6 Å². The maximum atomic E-state index is 13.6. The largest absolute Gasteiger partial charge is 0.481 e. The fourth-order valence-corrected chi connectivity index (χ4v) is 2.56. The van der Waals surface area contributed by atoms with E-state index in [0.717, 1.165) is 25.9 Å². The van der Waals surface area contributed by atoms with Crippen LogP contribution < -0.4 is 10.1 Å². The third-order valence-corrected chi connectivity index (χ3v) is 3.99. The van der Waals surface area contributed by atoms with Gasteiger partial charge in [-0.05, 0) is 44.1 Å². The predicted molar refractivity (Wildman–Crippen MR) is 78.3 cm³/mol. The molecule has 6 heteroatoms. The number of piperidine rings is 1. The smallest absolute Gasteiger partial charge is 0.260 e. The average molecular weight is 345 g/mol. The highest BCUT2D eigenvalue weighted by Gasteiger charge is 2.22. The second-order valence-electron chi connectivity index (χ2n) is 4.85. The molecule has 1 amide bonds. The Bertz CT molecular complexity index is 478. The predicted octanol–water partition coefficient (Wildman–Crippen LogP) is 2.18. The first-order valence-electron chi connectivity index (χ1n) is 6.62. The van der Waals surface area contributed by atoms with Crippen molar-refractivity contribution in [2.45, 2.75) is 18.9 Å². The first kappa shape index (κ1) is 15.3. The Morgan fingerprint density at radius 1 is 1.50 bits per heavy atom. The molecule has 0 aliphatic carbocycles. The van der Waals surface area contributed by atoms with Crippen molar-refractivity contribution in [3.8, 4) is 5.75 Å². The summed E-state index contributed by atoms with van der Waals surface area (Å²) >= 11 is 3.17. The van der Waals surface area contributed by atoms with Gasteiger partial charge >= 0.3 is 0 Å². The maximum Gasteiger partial charge on any atom is 0.260 e. The molecule has 0 spiro atoms. The summed E-state index contributed by atoms with van der Waals surface area (Å²) in [6.07, 6.45) is 1.88. The topological polar surface area (TPSA) is 41.6 Å². The first-order chi connectivity index (χ1) is 9.58. The highest BCUT2D eigenvalue weighted by molar-refractivity contribution is 9.10. The Morgan fingerprint density at radius 3 is 2.85 bits per heavy atom. The molecular formula is C14H18BrFN2O2. The van der Waals surface area contributed by atoms with Crippen LogP contribution in [0.2, 0.25) is 0 Å². The van der Waals surface area contributed by atoms with Crippen molar-refractivity contribution in [2.75, 3.05) is 26.7 Å². The standard InChI is InChI=1S/C14H18BrFN2O2/c1-18(11-4-6-17-7-5-11)14(19)9-20-13-3-2-10(15)8-12(13)16/h2-3,8,11,17H,4-7,9H2,1H3. The highest BCUT2D eigenvalue weighted by Crippen LogP contribution is 2.21.